The lowest BCUT2D eigenvalue weighted by Gasteiger charge is -2.34. The van der Waals surface area contributed by atoms with Gasteiger partial charge in [-0.25, -0.2) is 9.37 Å². The third-order valence-corrected chi connectivity index (χ3v) is 4.20. The Morgan fingerprint density at radius 3 is 2.74 bits per heavy atom. The minimum Gasteiger partial charge on any atom is -0.270 e. The van der Waals surface area contributed by atoms with E-state index in [4.69, 9.17) is 0 Å². The number of carbonyl (C=O) groups is 2. The number of hydrogen-bond acceptors (Lipinski definition) is 5. The number of hydrazone groups is 1. The lowest BCUT2D eigenvalue weighted by molar-refractivity contribution is -0.524. The van der Waals surface area contributed by atoms with E-state index >= 15 is 0 Å². The number of fused-ring (bicyclic) bond motifs is 2. The molecule has 1 atom stereocenters. The van der Waals surface area contributed by atoms with Gasteiger partial charge in [-0.05, 0) is 0 Å². The van der Waals surface area contributed by atoms with Crippen molar-refractivity contribution in [2.75, 3.05) is 20.1 Å². The van der Waals surface area contributed by atoms with Gasteiger partial charge in [-0.2, -0.15) is 5.43 Å². The maximum Gasteiger partial charge on any atom is 0.414 e. The van der Waals surface area contributed by atoms with E-state index < -0.39 is 6.04 Å². The fourth-order valence-corrected chi connectivity index (χ4v) is 2.79. The van der Waals surface area contributed by atoms with E-state index in [0.717, 1.165) is 5.71 Å². The molecule has 8 heteroatoms. The summed E-state index contributed by atoms with van der Waals surface area (Å²) in [5.74, 6) is 0.665. The average molecular weight is 317 g/mol. The van der Waals surface area contributed by atoms with Crippen LogP contribution in [-0.2, 0) is 4.79 Å². The molecule has 3 heterocycles. The van der Waals surface area contributed by atoms with Crippen molar-refractivity contribution in [3.8, 4) is 0 Å². The van der Waals surface area contributed by atoms with E-state index in [1.165, 1.54) is 9.80 Å². The number of nitrogens with one attached hydrogen (secondary N) is 1. The fraction of sp³-hybridized carbons (Fsp3) is 0.533. The molecule has 0 aromatic rings. The monoisotopic (exact) mass is 317 g/mol. The summed E-state index contributed by atoms with van der Waals surface area (Å²) < 4.78 is 1.87. The first kappa shape index (κ1) is 15.4. The molecule has 1 saturated heterocycles. The summed E-state index contributed by atoms with van der Waals surface area (Å²) in [4.78, 5) is 32.1. The topological polar surface area (TPSA) is 80.4 Å². The zero-order valence-corrected chi connectivity index (χ0v) is 13.8. The summed E-state index contributed by atoms with van der Waals surface area (Å²) >= 11 is 0. The summed E-state index contributed by atoms with van der Waals surface area (Å²) in [6, 6.07) is -0.990. The summed E-state index contributed by atoms with van der Waals surface area (Å²) in [5.41, 5.74) is 3.72. The SMILES string of the molecule is C=CCN1C(=O)C2C(=NC3=[N+]2CC(C(C)(C)C)=NN3)N(C)C1=O. The molecule has 0 bridgehead atoms. The third kappa shape index (κ3) is 2.25. The fourth-order valence-electron chi connectivity index (χ4n) is 2.79. The zero-order chi connectivity index (χ0) is 16.9. The molecule has 3 aliphatic rings. The molecule has 1 N–H and O–H groups in total. The lowest BCUT2D eigenvalue weighted by Crippen LogP contribution is -2.63. The highest BCUT2D eigenvalue weighted by atomic mass is 16.2. The number of amides is 3. The number of guanidine groups is 1. The molecule has 0 aromatic carbocycles. The van der Waals surface area contributed by atoms with Crippen LogP contribution in [0.15, 0.2) is 22.7 Å². The second kappa shape index (κ2) is 5.00. The van der Waals surface area contributed by atoms with Crippen molar-refractivity contribution in [2.45, 2.75) is 26.8 Å². The summed E-state index contributed by atoms with van der Waals surface area (Å²) in [5, 5.41) is 4.36. The van der Waals surface area contributed by atoms with Gasteiger partial charge in [-0.15, -0.1) is 11.7 Å². The van der Waals surface area contributed by atoms with Crippen LogP contribution in [0.2, 0.25) is 0 Å². The number of rotatable bonds is 2. The maximum atomic E-state index is 12.8. The van der Waals surface area contributed by atoms with Crippen molar-refractivity contribution in [3.63, 3.8) is 0 Å². The molecule has 0 saturated carbocycles. The molecular weight excluding hydrogens is 296 g/mol. The van der Waals surface area contributed by atoms with Crippen LogP contribution in [0, 0.1) is 5.41 Å². The maximum absolute atomic E-state index is 12.8. The van der Waals surface area contributed by atoms with Crippen LogP contribution in [0.4, 0.5) is 4.79 Å². The molecule has 0 aliphatic carbocycles. The van der Waals surface area contributed by atoms with Crippen molar-refractivity contribution < 1.29 is 14.2 Å². The number of hydrogen-bond donors (Lipinski definition) is 1. The van der Waals surface area contributed by atoms with Crippen LogP contribution in [0.3, 0.4) is 0 Å². The van der Waals surface area contributed by atoms with E-state index in [9.17, 15) is 9.59 Å². The molecule has 1 fully saturated rings. The Morgan fingerprint density at radius 1 is 1.43 bits per heavy atom. The quantitative estimate of drug-likeness (QED) is 0.584. The van der Waals surface area contributed by atoms with Gasteiger partial charge in [0.1, 0.15) is 6.54 Å². The first-order chi connectivity index (χ1) is 10.8. The van der Waals surface area contributed by atoms with Crippen LogP contribution in [-0.4, -0.2) is 70.0 Å². The zero-order valence-electron chi connectivity index (χ0n) is 13.8. The largest absolute Gasteiger partial charge is 0.414 e. The van der Waals surface area contributed by atoms with Crippen LogP contribution in [0.1, 0.15) is 20.8 Å². The highest BCUT2D eigenvalue weighted by Crippen LogP contribution is 2.24. The van der Waals surface area contributed by atoms with Crippen molar-refractivity contribution in [3.05, 3.63) is 12.7 Å². The van der Waals surface area contributed by atoms with Gasteiger partial charge >= 0.3 is 12.0 Å². The number of aliphatic imine (C=N–C) groups is 1. The Balaban J connectivity index is 1.95. The standard InChI is InChI=1S/C15H20N6O2/c1-6-7-20-12(22)10-11(19(5)14(20)23)16-13-18-17-9(8-21(10)13)15(2,3)4/h6,10H,1,7-8H2,2-5H3/p+1. The minimum absolute atomic E-state index is 0.123. The Bertz CT molecular complexity index is 697. The smallest absolute Gasteiger partial charge is 0.270 e. The van der Waals surface area contributed by atoms with E-state index in [0.29, 0.717) is 18.3 Å². The normalized spacial score (nSPS) is 24.1. The van der Waals surface area contributed by atoms with Gasteiger partial charge in [0.15, 0.2) is 0 Å². The van der Waals surface area contributed by atoms with Crippen LogP contribution in [0.5, 0.6) is 0 Å². The molecule has 3 amide bonds. The van der Waals surface area contributed by atoms with Crippen molar-refractivity contribution in [2.24, 2.45) is 15.5 Å². The second-order valence-electron chi connectivity index (χ2n) is 6.82. The Kier molecular flexibility index (Phi) is 3.35. The number of amidine groups is 1. The van der Waals surface area contributed by atoms with Crippen LogP contribution >= 0.6 is 0 Å². The molecule has 23 heavy (non-hydrogen) atoms. The summed E-state index contributed by atoms with van der Waals surface area (Å²) in [6.07, 6.45) is 1.54. The van der Waals surface area contributed by atoms with Crippen molar-refractivity contribution in [1.82, 2.24) is 15.2 Å². The lowest BCUT2D eigenvalue weighted by atomic mass is 9.89. The van der Waals surface area contributed by atoms with Gasteiger partial charge in [-0.1, -0.05) is 31.8 Å². The van der Waals surface area contributed by atoms with Gasteiger partial charge in [0, 0.05) is 19.0 Å². The number of imide groups is 1. The van der Waals surface area contributed by atoms with Crippen molar-refractivity contribution in [1.29, 1.82) is 0 Å². The number of carbonyl (C=O) groups excluding carboxylic acids is 2. The second-order valence-corrected chi connectivity index (χ2v) is 6.82. The minimum atomic E-state index is -0.604. The molecule has 3 rings (SSSR count). The molecule has 1 unspecified atom stereocenters. The predicted molar refractivity (Wildman–Crippen MR) is 86.5 cm³/mol. The van der Waals surface area contributed by atoms with Gasteiger partial charge in [0.2, 0.25) is 11.9 Å². The molecule has 0 spiro atoms. The number of urea groups is 1. The van der Waals surface area contributed by atoms with E-state index in [1.807, 2.05) is 4.58 Å². The molecule has 122 valence electrons. The van der Waals surface area contributed by atoms with Gasteiger partial charge in [-0.3, -0.25) is 14.6 Å². The average Bonchev–Trinajstić information content (AvgIpc) is 2.87. The highest BCUT2D eigenvalue weighted by molar-refractivity contribution is 6.23. The highest BCUT2D eigenvalue weighted by Gasteiger charge is 2.53. The molecule has 8 nitrogen and oxygen atoms in total. The van der Waals surface area contributed by atoms with Gasteiger partial charge in [0.05, 0.1) is 5.71 Å². The number of nitrogens with zero attached hydrogens (tertiary/aromatic N) is 5. The van der Waals surface area contributed by atoms with Crippen LogP contribution < -0.4 is 5.43 Å². The summed E-state index contributed by atoms with van der Waals surface area (Å²) in [6.45, 7) is 10.5. The van der Waals surface area contributed by atoms with Gasteiger partial charge < -0.3 is 0 Å². The summed E-state index contributed by atoms with van der Waals surface area (Å²) in [7, 11) is 1.63. The molecular formula is C15H21N6O2+. The molecule has 3 aliphatic heterocycles. The Hall–Kier alpha value is -2.51. The Labute approximate surface area is 134 Å². The van der Waals surface area contributed by atoms with Crippen molar-refractivity contribution >= 4 is 29.4 Å². The van der Waals surface area contributed by atoms with E-state index in [-0.39, 0.29) is 23.9 Å². The van der Waals surface area contributed by atoms with E-state index in [2.05, 4.69) is 42.9 Å². The molecule has 0 radical (unpaired) electrons. The van der Waals surface area contributed by atoms with Gasteiger partial charge in [0.25, 0.3) is 5.91 Å². The number of likely N-dealkylation sites (N-methyl/N-ethyl adjacent to an activating group) is 1. The molecule has 0 aromatic heterocycles. The first-order valence-electron chi connectivity index (χ1n) is 7.51. The first-order valence-corrected chi connectivity index (χ1v) is 7.51. The Morgan fingerprint density at radius 2 is 2.13 bits per heavy atom. The predicted octanol–water partition coefficient (Wildman–Crippen LogP) is 0.221. The van der Waals surface area contributed by atoms with Crippen LogP contribution in [0.25, 0.3) is 0 Å². The van der Waals surface area contributed by atoms with E-state index in [1.54, 1.807) is 13.1 Å². The third-order valence-electron chi connectivity index (χ3n) is 4.20.